The maximum atomic E-state index is 11.7. The average molecular weight is 260 g/mol. The third-order valence-corrected chi connectivity index (χ3v) is 2.30. The van der Waals surface area contributed by atoms with Crippen molar-refractivity contribution in [2.75, 3.05) is 12.4 Å². The van der Waals surface area contributed by atoms with Gasteiger partial charge in [-0.1, -0.05) is 23.4 Å². The number of carbonyl (C=O) groups is 2. The zero-order valence-corrected chi connectivity index (χ0v) is 10.2. The number of rotatable bonds is 4. The second-order valence-corrected chi connectivity index (χ2v) is 3.71. The monoisotopic (exact) mass is 260 g/mol. The van der Waals surface area contributed by atoms with Crippen molar-refractivity contribution in [2.45, 2.75) is 6.54 Å². The maximum Gasteiger partial charge on any atom is 0.360 e. The number of anilines is 1. The molecule has 1 heterocycles. The van der Waals surface area contributed by atoms with Crippen LogP contribution in [0.3, 0.4) is 0 Å². The summed E-state index contributed by atoms with van der Waals surface area (Å²) in [7, 11) is 1.25. The highest BCUT2D eigenvalue weighted by atomic mass is 16.5. The molecule has 7 heteroatoms. The van der Waals surface area contributed by atoms with Gasteiger partial charge in [-0.25, -0.2) is 9.48 Å². The molecule has 1 aromatic heterocycles. The van der Waals surface area contributed by atoms with Gasteiger partial charge in [0.25, 0.3) is 0 Å². The quantitative estimate of drug-likeness (QED) is 0.818. The number of aromatic nitrogens is 3. The SMILES string of the molecule is COC(=O)c1cn(CC(=O)Nc2ccccc2)nn1. The molecular weight excluding hydrogens is 248 g/mol. The minimum Gasteiger partial charge on any atom is -0.464 e. The first-order valence-electron chi connectivity index (χ1n) is 5.52. The molecule has 0 spiro atoms. The Bertz CT molecular complexity index is 580. The number of carbonyl (C=O) groups excluding carboxylic acids is 2. The first-order valence-corrected chi connectivity index (χ1v) is 5.52. The lowest BCUT2D eigenvalue weighted by Gasteiger charge is -2.03. The van der Waals surface area contributed by atoms with E-state index in [0.717, 1.165) is 0 Å². The van der Waals surface area contributed by atoms with E-state index in [1.807, 2.05) is 18.2 Å². The van der Waals surface area contributed by atoms with Gasteiger partial charge >= 0.3 is 5.97 Å². The molecule has 0 saturated heterocycles. The lowest BCUT2D eigenvalue weighted by Crippen LogP contribution is -2.19. The van der Waals surface area contributed by atoms with Gasteiger partial charge in [-0.3, -0.25) is 4.79 Å². The molecule has 2 rings (SSSR count). The third-order valence-electron chi connectivity index (χ3n) is 2.30. The van der Waals surface area contributed by atoms with Gasteiger partial charge in [0.1, 0.15) is 6.54 Å². The van der Waals surface area contributed by atoms with E-state index >= 15 is 0 Å². The van der Waals surface area contributed by atoms with Crippen LogP contribution in [-0.2, 0) is 16.1 Å². The zero-order chi connectivity index (χ0) is 13.7. The smallest absolute Gasteiger partial charge is 0.360 e. The number of methoxy groups -OCH3 is 1. The Morgan fingerprint density at radius 2 is 2.05 bits per heavy atom. The molecule has 1 aromatic carbocycles. The van der Waals surface area contributed by atoms with Crippen molar-refractivity contribution < 1.29 is 14.3 Å². The number of hydrogen-bond donors (Lipinski definition) is 1. The molecule has 0 saturated carbocycles. The molecule has 0 unspecified atom stereocenters. The summed E-state index contributed by atoms with van der Waals surface area (Å²) in [5.74, 6) is -0.845. The van der Waals surface area contributed by atoms with Gasteiger partial charge in [0.2, 0.25) is 5.91 Å². The Labute approximate surface area is 109 Å². The molecule has 0 radical (unpaired) electrons. The standard InChI is InChI=1S/C12H12N4O3/c1-19-12(18)10-7-16(15-14-10)8-11(17)13-9-5-3-2-4-6-9/h2-7H,8H2,1H3,(H,13,17). The molecule has 1 amide bonds. The first kappa shape index (κ1) is 12.7. The lowest BCUT2D eigenvalue weighted by molar-refractivity contribution is -0.116. The topological polar surface area (TPSA) is 86.1 Å². The second-order valence-electron chi connectivity index (χ2n) is 3.71. The summed E-state index contributed by atoms with van der Waals surface area (Å²) in [5.41, 5.74) is 0.760. The van der Waals surface area contributed by atoms with E-state index in [9.17, 15) is 9.59 Å². The van der Waals surface area contributed by atoms with Gasteiger partial charge < -0.3 is 10.1 Å². The summed E-state index contributed by atoms with van der Waals surface area (Å²) >= 11 is 0. The Kier molecular flexibility index (Phi) is 3.87. The number of nitrogens with zero attached hydrogens (tertiary/aromatic N) is 3. The van der Waals surface area contributed by atoms with Gasteiger partial charge in [0.15, 0.2) is 5.69 Å². The lowest BCUT2D eigenvalue weighted by atomic mass is 10.3. The Hall–Kier alpha value is -2.70. The molecule has 0 aliphatic carbocycles. The highest BCUT2D eigenvalue weighted by Gasteiger charge is 2.12. The minimum atomic E-state index is -0.588. The number of hydrogen-bond acceptors (Lipinski definition) is 5. The predicted octanol–water partition coefficient (Wildman–Crippen LogP) is 0.703. The van der Waals surface area contributed by atoms with E-state index in [0.29, 0.717) is 5.69 Å². The van der Waals surface area contributed by atoms with Gasteiger partial charge in [-0.15, -0.1) is 5.10 Å². The zero-order valence-electron chi connectivity index (χ0n) is 10.2. The summed E-state index contributed by atoms with van der Waals surface area (Å²) < 4.78 is 5.76. The summed E-state index contributed by atoms with van der Waals surface area (Å²) in [6, 6.07) is 9.05. The fourth-order valence-corrected chi connectivity index (χ4v) is 1.44. The number of amides is 1. The van der Waals surface area contributed by atoms with E-state index in [4.69, 9.17) is 0 Å². The Balaban J connectivity index is 1.96. The van der Waals surface area contributed by atoms with E-state index in [2.05, 4.69) is 20.4 Å². The largest absolute Gasteiger partial charge is 0.464 e. The molecule has 0 atom stereocenters. The summed E-state index contributed by atoms with van der Waals surface area (Å²) in [6.07, 6.45) is 1.36. The molecular formula is C12H12N4O3. The van der Waals surface area contributed by atoms with Crippen molar-refractivity contribution in [2.24, 2.45) is 0 Å². The molecule has 98 valence electrons. The first-order chi connectivity index (χ1) is 9.19. The van der Waals surface area contributed by atoms with Gasteiger partial charge in [0, 0.05) is 5.69 Å². The number of nitrogens with one attached hydrogen (secondary N) is 1. The van der Waals surface area contributed by atoms with Crippen molar-refractivity contribution in [3.05, 3.63) is 42.2 Å². The molecule has 0 aliphatic heterocycles. The van der Waals surface area contributed by atoms with Crippen molar-refractivity contribution in [1.82, 2.24) is 15.0 Å². The molecule has 7 nitrogen and oxygen atoms in total. The summed E-state index contributed by atoms with van der Waals surface area (Å²) in [6.45, 7) is -0.0289. The normalized spacial score (nSPS) is 9.95. The number of benzene rings is 1. The number of para-hydroxylation sites is 1. The van der Waals surface area contributed by atoms with E-state index < -0.39 is 5.97 Å². The minimum absolute atomic E-state index is 0.0289. The van der Waals surface area contributed by atoms with Crippen LogP contribution in [0.25, 0.3) is 0 Å². The van der Waals surface area contributed by atoms with Crippen LogP contribution in [0, 0.1) is 0 Å². The van der Waals surface area contributed by atoms with Crippen LogP contribution in [0.4, 0.5) is 5.69 Å². The van der Waals surface area contributed by atoms with Gasteiger partial charge in [-0.05, 0) is 12.1 Å². The highest BCUT2D eigenvalue weighted by molar-refractivity contribution is 5.90. The van der Waals surface area contributed by atoms with Crippen LogP contribution >= 0.6 is 0 Å². The van der Waals surface area contributed by atoms with E-state index in [1.54, 1.807) is 12.1 Å². The van der Waals surface area contributed by atoms with Gasteiger partial charge in [0.05, 0.1) is 13.3 Å². The van der Waals surface area contributed by atoms with Crippen LogP contribution in [0.2, 0.25) is 0 Å². The van der Waals surface area contributed by atoms with Crippen LogP contribution in [0.1, 0.15) is 10.5 Å². The van der Waals surface area contributed by atoms with Crippen LogP contribution in [0.5, 0.6) is 0 Å². The molecule has 0 fully saturated rings. The van der Waals surface area contributed by atoms with E-state index in [1.165, 1.54) is 18.0 Å². The highest BCUT2D eigenvalue weighted by Crippen LogP contribution is 2.05. The van der Waals surface area contributed by atoms with E-state index in [-0.39, 0.29) is 18.1 Å². The van der Waals surface area contributed by atoms with Crippen molar-refractivity contribution in [3.63, 3.8) is 0 Å². The molecule has 19 heavy (non-hydrogen) atoms. The maximum absolute atomic E-state index is 11.7. The van der Waals surface area contributed by atoms with Crippen LogP contribution in [0.15, 0.2) is 36.5 Å². The average Bonchev–Trinajstić information content (AvgIpc) is 2.87. The molecule has 0 bridgehead atoms. The predicted molar refractivity (Wildman–Crippen MR) is 66.4 cm³/mol. The number of ether oxygens (including phenoxy) is 1. The fraction of sp³-hybridized carbons (Fsp3) is 0.167. The number of esters is 1. The molecule has 0 aliphatic rings. The second kappa shape index (κ2) is 5.76. The molecule has 1 N–H and O–H groups in total. The summed E-state index contributed by atoms with van der Waals surface area (Å²) in [4.78, 5) is 22.9. The Morgan fingerprint density at radius 3 is 2.74 bits per heavy atom. The van der Waals surface area contributed by atoms with Crippen molar-refractivity contribution in [3.8, 4) is 0 Å². The molecule has 2 aromatic rings. The van der Waals surface area contributed by atoms with Crippen LogP contribution in [-0.4, -0.2) is 34.0 Å². The Morgan fingerprint density at radius 1 is 1.32 bits per heavy atom. The van der Waals surface area contributed by atoms with Crippen molar-refractivity contribution in [1.29, 1.82) is 0 Å². The third kappa shape index (κ3) is 3.38. The van der Waals surface area contributed by atoms with Crippen LogP contribution < -0.4 is 5.32 Å². The summed E-state index contributed by atoms with van der Waals surface area (Å²) in [5, 5.41) is 9.98. The fourth-order valence-electron chi connectivity index (χ4n) is 1.44. The van der Waals surface area contributed by atoms with Crippen molar-refractivity contribution >= 4 is 17.6 Å². The van der Waals surface area contributed by atoms with Gasteiger partial charge in [-0.2, -0.15) is 0 Å².